The maximum absolute atomic E-state index is 13.6. The second-order valence-electron chi connectivity index (χ2n) is 7.60. The number of aryl methyl sites for hydroxylation is 3. The van der Waals surface area contributed by atoms with Gasteiger partial charge in [-0.15, -0.1) is 11.3 Å². The van der Waals surface area contributed by atoms with Crippen molar-refractivity contribution in [1.29, 1.82) is 0 Å². The first-order valence-electron chi connectivity index (χ1n) is 10.4. The average molecular weight is 449 g/mol. The SMILES string of the molecule is CCOc1cccc(N2C(=O)C(O)=C(C(=O)c3sc(C)nc3C)C2c2ccccc2C)c1. The summed E-state index contributed by atoms with van der Waals surface area (Å²) in [6.45, 7) is 7.88. The number of ketones is 1. The van der Waals surface area contributed by atoms with Gasteiger partial charge in [0, 0.05) is 11.8 Å². The van der Waals surface area contributed by atoms with E-state index >= 15 is 0 Å². The summed E-state index contributed by atoms with van der Waals surface area (Å²) in [7, 11) is 0. The number of anilines is 1. The maximum Gasteiger partial charge on any atom is 0.294 e. The van der Waals surface area contributed by atoms with E-state index in [1.165, 1.54) is 16.2 Å². The number of Topliss-reactive ketones (excluding diaryl/α,β-unsaturated/α-hetero) is 1. The molecule has 1 amide bonds. The number of thiazole rings is 1. The maximum atomic E-state index is 13.6. The molecular formula is C25H24N2O4S. The third-order valence-electron chi connectivity index (χ3n) is 5.45. The third-order valence-corrected chi connectivity index (χ3v) is 6.52. The number of amides is 1. The van der Waals surface area contributed by atoms with Crippen LogP contribution in [-0.4, -0.2) is 28.4 Å². The molecule has 3 aromatic rings. The first-order valence-corrected chi connectivity index (χ1v) is 11.2. The van der Waals surface area contributed by atoms with Crippen molar-refractivity contribution in [3.63, 3.8) is 0 Å². The van der Waals surface area contributed by atoms with Crippen LogP contribution in [0.1, 0.15) is 44.5 Å². The van der Waals surface area contributed by atoms with Gasteiger partial charge < -0.3 is 9.84 Å². The van der Waals surface area contributed by atoms with Gasteiger partial charge >= 0.3 is 0 Å². The summed E-state index contributed by atoms with van der Waals surface area (Å²) >= 11 is 1.26. The molecule has 0 saturated carbocycles. The van der Waals surface area contributed by atoms with Crippen LogP contribution < -0.4 is 9.64 Å². The van der Waals surface area contributed by atoms with E-state index in [0.29, 0.717) is 28.6 Å². The van der Waals surface area contributed by atoms with Gasteiger partial charge in [0.25, 0.3) is 5.91 Å². The van der Waals surface area contributed by atoms with Crippen molar-refractivity contribution in [3.05, 3.63) is 86.6 Å². The Kier molecular flexibility index (Phi) is 5.84. The van der Waals surface area contributed by atoms with Crippen LogP contribution >= 0.6 is 11.3 Å². The summed E-state index contributed by atoms with van der Waals surface area (Å²) in [5, 5.41) is 11.7. The van der Waals surface area contributed by atoms with Crippen molar-refractivity contribution in [2.45, 2.75) is 33.7 Å². The molecule has 7 heteroatoms. The van der Waals surface area contributed by atoms with Gasteiger partial charge in [-0.05, 0) is 51.0 Å². The zero-order valence-electron chi connectivity index (χ0n) is 18.4. The first kappa shape index (κ1) is 21.8. The Morgan fingerprint density at radius 2 is 1.91 bits per heavy atom. The van der Waals surface area contributed by atoms with Crippen LogP contribution in [0, 0.1) is 20.8 Å². The van der Waals surface area contributed by atoms with E-state index in [1.54, 1.807) is 31.2 Å². The summed E-state index contributed by atoms with van der Waals surface area (Å²) < 4.78 is 5.61. The van der Waals surface area contributed by atoms with Crippen molar-refractivity contribution in [1.82, 2.24) is 4.98 Å². The number of rotatable bonds is 6. The minimum atomic E-state index is -0.769. The van der Waals surface area contributed by atoms with Crippen LogP contribution in [0.5, 0.6) is 5.75 Å². The molecule has 6 nitrogen and oxygen atoms in total. The van der Waals surface area contributed by atoms with E-state index in [-0.39, 0.29) is 11.4 Å². The lowest BCUT2D eigenvalue weighted by atomic mass is 9.92. The predicted octanol–water partition coefficient (Wildman–Crippen LogP) is 5.25. The van der Waals surface area contributed by atoms with Crippen molar-refractivity contribution in [3.8, 4) is 5.75 Å². The average Bonchev–Trinajstić information content (AvgIpc) is 3.24. The van der Waals surface area contributed by atoms with Gasteiger partial charge in [0.2, 0.25) is 5.78 Å². The second kappa shape index (κ2) is 8.59. The molecule has 0 spiro atoms. The van der Waals surface area contributed by atoms with Gasteiger partial charge in [-0.2, -0.15) is 0 Å². The topological polar surface area (TPSA) is 79.7 Å². The van der Waals surface area contributed by atoms with Crippen molar-refractivity contribution < 1.29 is 19.4 Å². The molecule has 2 heterocycles. The lowest BCUT2D eigenvalue weighted by molar-refractivity contribution is -0.117. The number of carbonyl (C=O) groups is 2. The summed E-state index contributed by atoms with van der Waals surface area (Å²) in [6, 6.07) is 13.9. The Balaban J connectivity index is 1.90. The van der Waals surface area contributed by atoms with Gasteiger partial charge in [-0.3, -0.25) is 14.5 Å². The van der Waals surface area contributed by atoms with E-state index in [2.05, 4.69) is 4.98 Å². The zero-order valence-corrected chi connectivity index (χ0v) is 19.2. The standard InChI is InChI=1S/C25H24N2O4S/c1-5-31-18-11-8-10-17(13-18)27-21(19-12-7-6-9-14(19)2)20(23(29)25(27)30)22(28)24-15(3)26-16(4)32-24/h6-13,21,29H,5H2,1-4H3. The molecule has 2 aromatic carbocycles. The molecule has 1 aliphatic rings. The molecule has 0 fully saturated rings. The highest BCUT2D eigenvalue weighted by Gasteiger charge is 2.45. The smallest absolute Gasteiger partial charge is 0.294 e. The molecule has 0 aliphatic carbocycles. The molecule has 164 valence electrons. The van der Waals surface area contributed by atoms with Crippen LogP contribution in [0.25, 0.3) is 0 Å². The van der Waals surface area contributed by atoms with E-state index < -0.39 is 17.7 Å². The fourth-order valence-corrected chi connectivity index (χ4v) is 4.92. The molecule has 0 radical (unpaired) electrons. The third kappa shape index (κ3) is 3.69. The molecule has 32 heavy (non-hydrogen) atoms. The molecule has 1 aliphatic heterocycles. The Bertz CT molecular complexity index is 1240. The van der Waals surface area contributed by atoms with E-state index in [4.69, 9.17) is 4.74 Å². The minimum Gasteiger partial charge on any atom is -0.503 e. The number of aromatic nitrogens is 1. The highest BCUT2D eigenvalue weighted by molar-refractivity contribution is 7.14. The van der Waals surface area contributed by atoms with Crippen LogP contribution in [0.3, 0.4) is 0 Å². The van der Waals surface area contributed by atoms with Gasteiger partial charge in [0.1, 0.15) is 5.75 Å². The number of aliphatic hydroxyl groups excluding tert-OH is 1. The fourth-order valence-electron chi connectivity index (χ4n) is 4.05. The second-order valence-corrected chi connectivity index (χ2v) is 8.81. The van der Waals surface area contributed by atoms with Crippen molar-refractivity contribution in [2.75, 3.05) is 11.5 Å². The number of carbonyl (C=O) groups excluding carboxylic acids is 2. The molecule has 1 atom stereocenters. The Labute approximate surface area is 190 Å². The normalized spacial score (nSPS) is 16.1. The van der Waals surface area contributed by atoms with Gasteiger partial charge in [0.15, 0.2) is 5.76 Å². The van der Waals surface area contributed by atoms with Gasteiger partial charge in [-0.25, -0.2) is 4.98 Å². The minimum absolute atomic E-state index is 0.0675. The first-order chi connectivity index (χ1) is 15.3. The number of ether oxygens (including phenoxy) is 1. The summed E-state index contributed by atoms with van der Waals surface area (Å²) in [4.78, 5) is 33.2. The number of nitrogens with zero attached hydrogens (tertiary/aromatic N) is 2. The molecular weight excluding hydrogens is 424 g/mol. The monoisotopic (exact) mass is 448 g/mol. The largest absolute Gasteiger partial charge is 0.503 e. The number of benzene rings is 2. The van der Waals surface area contributed by atoms with Crippen LogP contribution in [0.4, 0.5) is 5.69 Å². The highest BCUT2D eigenvalue weighted by Crippen LogP contribution is 2.44. The lowest BCUT2D eigenvalue weighted by Gasteiger charge is -2.28. The molecule has 1 unspecified atom stereocenters. The molecule has 4 rings (SSSR count). The quantitative estimate of drug-likeness (QED) is 0.521. The van der Waals surface area contributed by atoms with E-state index in [0.717, 1.165) is 16.1 Å². The number of hydrogen-bond donors (Lipinski definition) is 1. The van der Waals surface area contributed by atoms with Crippen molar-refractivity contribution in [2.24, 2.45) is 0 Å². The van der Waals surface area contributed by atoms with Crippen LogP contribution in [-0.2, 0) is 4.79 Å². The van der Waals surface area contributed by atoms with Crippen LogP contribution in [0.2, 0.25) is 0 Å². The Morgan fingerprint density at radius 3 is 2.56 bits per heavy atom. The number of aliphatic hydroxyl groups is 1. The highest BCUT2D eigenvalue weighted by atomic mass is 32.1. The zero-order chi connectivity index (χ0) is 23.0. The fraction of sp³-hybridized carbons (Fsp3) is 0.240. The van der Waals surface area contributed by atoms with E-state index in [1.807, 2.05) is 45.0 Å². The van der Waals surface area contributed by atoms with E-state index in [9.17, 15) is 14.7 Å². The Morgan fingerprint density at radius 1 is 1.16 bits per heavy atom. The van der Waals surface area contributed by atoms with Gasteiger partial charge in [0.05, 0.1) is 33.8 Å². The number of hydrogen-bond acceptors (Lipinski definition) is 6. The molecule has 1 aromatic heterocycles. The predicted molar refractivity (Wildman–Crippen MR) is 125 cm³/mol. The molecule has 0 saturated heterocycles. The van der Waals surface area contributed by atoms with Crippen molar-refractivity contribution >= 4 is 28.7 Å². The summed E-state index contributed by atoms with van der Waals surface area (Å²) in [5.41, 5.74) is 2.88. The van der Waals surface area contributed by atoms with Crippen LogP contribution in [0.15, 0.2) is 59.9 Å². The summed E-state index contributed by atoms with van der Waals surface area (Å²) in [6.07, 6.45) is 0. The van der Waals surface area contributed by atoms with Gasteiger partial charge in [-0.1, -0.05) is 30.3 Å². The molecule has 0 bridgehead atoms. The Hall–Kier alpha value is -3.45. The summed E-state index contributed by atoms with van der Waals surface area (Å²) in [5.74, 6) is -0.921. The molecule has 1 N–H and O–H groups in total. The lowest BCUT2D eigenvalue weighted by Crippen LogP contribution is -2.31.